The number of carbonyl (C=O) groups excluding carboxylic acids is 3. The van der Waals surface area contributed by atoms with Gasteiger partial charge < -0.3 is 14.8 Å². The van der Waals surface area contributed by atoms with Crippen LogP contribution in [0.25, 0.3) is 0 Å². The largest absolute Gasteiger partial charge is 0.435 e. The molecule has 1 fully saturated rings. The summed E-state index contributed by atoms with van der Waals surface area (Å²) in [6.45, 7) is 9.85. The molecule has 18 heavy (non-hydrogen) atoms. The second-order valence-corrected chi connectivity index (χ2v) is 3.01. The minimum absolute atomic E-state index is 0.204. The molecule has 0 aromatic rings. The predicted octanol–water partition coefficient (Wildman–Crippen LogP) is 1.28. The van der Waals surface area contributed by atoms with Crippen LogP contribution in [0, 0.1) is 0 Å². The molecule has 0 atom stereocenters. The van der Waals surface area contributed by atoms with E-state index in [1.165, 1.54) is 13.8 Å². The lowest BCUT2D eigenvalue weighted by molar-refractivity contribution is -0.136. The highest BCUT2D eigenvalue weighted by molar-refractivity contribution is 5.77. The van der Waals surface area contributed by atoms with Gasteiger partial charge in [0, 0.05) is 26.8 Å². The van der Waals surface area contributed by atoms with Crippen molar-refractivity contribution in [1.29, 1.82) is 0 Å². The summed E-state index contributed by atoms with van der Waals surface area (Å²) in [6.07, 6.45) is 3.96. The average molecular weight is 257 g/mol. The van der Waals surface area contributed by atoms with Gasteiger partial charge >= 0.3 is 11.9 Å². The van der Waals surface area contributed by atoms with Crippen molar-refractivity contribution in [2.75, 3.05) is 6.54 Å². The van der Waals surface area contributed by atoms with Crippen LogP contribution in [-0.2, 0) is 23.9 Å². The molecule has 0 unspecified atom stereocenters. The minimum atomic E-state index is -0.329. The zero-order valence-corrected chi connectivity index (χ0v) is 10.7. The van der Waals surface area contributed by atoms with Crippen molar-refractivity contribution >= 4 is 17.8 Å². The molecule has 0 spiro atoms. The van der Waals surface area contributed by atoms with Gasteiger partial charge in [-0.15, -0.1) is 0 Å². The number of hydrogen-bond acceptors (Lipinski definition) is 5. The van der Waals surface area contributed by atoms with Crippen LogP contribution in [-0.4, -0.2) is 24.4 Å². The monoisotopic (exact) mass is 257 g/mol. The van der Waals surface area contributed by atoms with E-state index in [0.29, 0.717) is 0 Å². The van der Waals surface area contributed by atoms with E-state index in [1.807, 2.05) is 0 Å². The van der Waals surface area contributed by atoms with Gasteiger partial charge in [0.25, 0.3) is 0 Å². The van der Waals surface area contributed by atoms with E-state index in [0.717, 1.165) is 31.9 Å². The van der Waals surface area contributed by atoms with Gasteiger partial charge in [0.1, 0.15) is 0 Å². The summed E-state index contributed by atoms with van der Waals surface area (Å²) in [5.74, 6) is -0.454. The molecule has 0 aromatic carbocycles. The van der Waals surface area contributed by atoms with E-state index in [-0.39, 0.29) is 17.8 Å². The molecule has 0 aromatic heterocycles. The van der Waals surface area contributed by atoms with Gasteiger partial charge in [-0.1, -0.05) is 13.2 Å². The van der Waals surface area contributed by atoms with E-state index >= 15 is 0 Å². The summed E-state index contributed by atoms with van der Waals surface area (Å²) in [4.78, 5) is 29.6. The third-order valence-corrected chi connectivity index (χ3v) is 1.40. The van der Waals surface area contributed by atoms with Crippen molar-refractivity contribution in [2.24, 2.45) is 0 Å². The van der Waals surface area contributed by atoms with Crippen molar-refractivity contribution < 1.29 is 23.9 Å². The van der Waals surface area contributed by atoms with E-state index in [1.54, 1.807) is 0 Å². The Kier molecular flexibility index (Phi) is 13.1. The highest BCUT2D eigenvalue weighted by atomic mass is 16.5. The van der Waals surface area contributed by atoms with Crippen LogP contribution < -0.4 is 5.32 Å². The fourth-order valence-electron chi connectivity index (χ4n) is 0.800. The molecule has 1 aliphatic rings. The normalized spacial score (nSPS) is 11.6. The number of ether oxygens (including phenoxy) is 2. The molecule has 1 rings (SSSR count). The summed E-state index contributed by atoms with van der Waals surface area (Å²) < 4.78 is 8.33. The summed E-state index contributed by atoms with van der Waals surface area (Å²) in [6, 6.07) is 0. The Balaban J connectivity index is 0. The van der Waals surface area contributed by atoms with Gasteiger partial charge in [0.2, 0.25) is 5.91 Å². The molecule has 0 radical (unpaired) electrons. The number of hydrogen-bond donors (Lipinski definition) is 1. The van der Waals surface area contributed by atoms with E-state index < -0.39 is 0 Å². The lowest BCUT2D eigenvalue weighted by Gasteiger charge is -1.83. The van der Waals surface area contributed by atoms with Crippen molar-refractivity contribution in [1.82, 2.24) is 5.32 Å². The molecule has 1 aliphatic heterocycles. The zero-order chi connectivity index (χ0) is 14.4. The third-order valence-electron chi connectivity index (χ3n) is 1.40. The van der Waals surface area contributed by atoms with Crippen LogP contribution in [0.2, 0.25) is 0 Å². The average Bonchev–Trinajstić information content (AvgIpc) is 2.70. The Morgan fingerprint density at radius 3 is 1.67 bits per heavy atom. The molecule has 1 N–H and O–H groups in total. The summed E-state index contributed by atoms with van der Waals surface area (Å²) in [7, 11) is 0. The Bertz CT molecular complexity index is 271. The molecule has 0 aliphatic carbocycles. The van der Waals surface area contributed by atoms with Gasteiger partial charge in [-0.05, 0) is 6.42 Å². The highest BCUT2D eigenvalue weighted by Crippen LogP contribution is 1.93. The van der Waals surface area contributed by atoms with Gasteiger partial charge in [-0.25, -0.2) is 0 Å². The Morgan fingerprint density at radius 1 is 1.17 bits per heavy atom. The summed E-state index contributed by atoms with van der Waals surface area (Å²) in [5.41, 5.74) is 0. The van der Waals surface area contributed by atoms with Crippen molar-refractivity contribution in [3.05, 3.63) is 25.7 Å². The van der Waals surface area contributed by atoms with Crippen LogP contribution in [0.1, 0.15) is 26.7 Å². The molecule has 102 valence electrons. The van der Waals surface area contributed by atoms with Gasteiger partial charge in [-0.3, -0.25) is 14.4 Å². The topological polar surface area (TPSA) is 81.7 Å². The lowest BCUT2D eigenvalue weighted by atomic mass is 10.4. The molecular formula is C12H19NO5. The first-order chi connectivity index (χ1) is 8.43. The Hall–Kier alpha value is -2.11. The zero-order valence-electron chi connectivity index (χ0n) is 10.7. The minimum Gasteiger partial charge on any atom is -0.435 e. The number of amides is 1. The number of esters is 2. The van der Waals surface area contributed by atoms with Gasteiger partial charge in [-0.2, -0.15) is 0 Å². The van der Waals surface area contributed by atoms with Crippen LogP contribution in [0.3, 0.4) is 0 Å². The molecule has 1 amide bonds. The van der Waals surface area contributed by atoms with Crippen LogP contribution >= 0.6 is 0 Å². The number of rotatable bonds is 2. The first kappa shape index (κ1) is 18.3. The standard InChI is InChI=1S/C4H7NO.2C4H6O2/c6-4-2-1-3-5-4;2*1-3-6-4(2)5/h1-3H2,(H,5,6);2*3H,1H2,2H3. The Morgan fingerprint density at radius 2 is 1.61 bits per heavy atom. The molecule has 6 nitrogen and oxygen atoms in total. The maximum atomic E-state index is 10.1. The second-order valence-electron chi connectivity index (χ2n) is 3.01. The first-order valence-corrected chi connectivity index (χ1v) is 5.27. The van der Waals surface area contributed by atoms with Crippen LogP contribution in [0.5, 0.6) is 0 Å². The molecular weight excluding hydrogens is 238 g/mol. The molecule has 0 saturated carbocycles. The fraction of sp³-hybridized carbons (Fsp3) is 0.417. The predicted molar refractivity (Wildman–Crippen MR) is 66.2 cm³/mol. The van der Waals surface area contributed by atoms with Crippen molar-refractivity contribution in [3.8, 4) is 0 Å². The smallest absolute Gasteiger partial charge is 0.307 e. The lowest BCUT2D eigenvalue weighted by Crippen LogP contribution is -2.12. The molecule has 0 bridgehead atoms. The van der Waals surface area contributed by atoms with E-state index in [4.69, 9.17) is 0 Å². The first-order valence-electron chi connectivity index (χ1n) is 5.27. The summed E-state index contributed by atoms with van der Waals surface area (Å²) >= 11 is 0. The molecule has 6 heteroatoms. The SMILES string of the molecule is C=COC(C)=O.C=COC(C)=O.O=C1CCCN1. The highest BCUT2D eigenvalue weighted by Gasteiger charge is 2.05. The van der Waals surface area contributed by atoms with Gasteiger partial charge in [0.15, 0.2) is 0 Å². The number of carbonyl (C=O) groups is 3. The fourth-order valence-corrected chi connectivity index (χ4v) is 0.800. The summed E-state index contributed by atoms with van der Waals surface area (Å²) in [5, 5.41) is 2.68. The van der Waals surface area contributed by atoms with Crippen molar-refractivity contribution in [3.63, 3.8) is 0 Å². The van der Waals surface area contributed by atoms with Gasteiger partial charge in [0.05, 0.1) is 12.5 Å². The van der Waals surface area contributed by atoms with E-state index in [9.17, 15) is 14.4 Å². The Labute approximate surface area is 107 Å². The number of nitrogens with one attached hydrogen (secondary N) is 1. The molecule has 1 saturated heterocycles. The van der Waals surface area contributed by atoms with Crippen LogP contribution in [0.15, 0.2) is 25.7 Å². The maximum Gasteiger partial charge on any atom is 0.307 e. The third kappa shape index (κ3) is 19.5. The van der Waals surface area contributed by atoms with E-state index in [2.05, 4.69) is 27.9 Å². The van der Waals surface area contributed by atoms with Crippen molar-refractivity contribution in [2.45, 2.75) is 26.7 Å². The second kappa shape index (κ2) is 13.0. The molecule has 1 heterocycles. The quantitative estimate of drug-likeness (QED) is 0.595. The van der Waals surface area contributed by atoms with Crippen LogP contribution in [0.4, 0.5) is 0 Å². The maximum absolute atomic E-state index is 10.1.